The Morgan fingerprint density at radius 1 is 1.24 bits per heavy atom. The molecule has 0 amide bonds. The molecule has 0 fully saturated rings. The van der Waals surface area contributed by atoms with Crippen LogP contribution >= 0.6 is 0 Å². The van der Waals surface area contributed by atoms with E-state index in [-0.39, 0.29) is 12.6 Å². The molecule has 5 heteroatoms. The maximum Gasteiger partial charge on any atom is 0.338 e. The lowest BCUT2D eigenvalue weighted by Gasteiger charge is -2.23. The summed E-state index contributed by atoms with van der Waals surface area (Å²) in [6.45, 7) is 3.71. The van der Waals surface area contributed by atoms with Crippen molar-refractivity contribution in [1.29, 1.82) is 0 Å². The second-order valence-corrected chi connectivity index (χ2v) is 6.04. The van der Waals surface area contributed by atoms with Crippen LogP contribution < -0.4 is 9.64 Å². The largest absolute Gasteiger partial charge is 0.491 e. The second-order valence-electron chi connectivity index (χ2n) is 6.04. The first-order valence-electron chi connectivity index (χ1n) is 8.58. The van der Waals surface area contributed by atoms with E-state index in [0.717, 1.165) is 13.0 Å². The van der Waals surface area contributed by atoms with Crippen molar-refractivity contribution in [1.82, 2.24) is 0 Å². The lowest BCUT2D eigenvalue weighted by molar-refractivity contribution is 0.0525. The Bertz CT molecular complexity index is 731. The zero-order chi connectivity index (χ0) is 17.6. The number of hydrogen-bond donors (Lipinski definition) is 1. The van der Waals surface area contributed by atoms with Gasteiger partial charge in [-0.3, -0.25) is 0 Å². The number of nitrogens with zero attached hydrogens (tertiary/aromatic N) is 1. The Kier molecular flexibility index (Phi) is 5.56. The van der Waals surface area contributed by atoms with Gasteiger partial charge in [0.05, 0.1) is 12.2 Å². The number of esters is 1. The van der Waals surface area contributed by atoms with Crippen LogP contribution in [0.5, 0.6) is 5.75 Å². The molecule has 0 spiro atoms. The number of aliphatic hydroxyl groups is 1. The molecule has 1 aliphatic rings. The SMILES string of the molecule is CCOC(=O)c1cccc(OC[C@@H](O)CN2CCc3ccccc32)c1. The van der Waals surface area contributed by atoms with Crippen molar-refractivity contribution in [3.8, 4) is 5.75 Å². The highest BCUT2D eigenvalue weighted by molar-refractivity contribution is 5.89. The van der Waals surface area contributed by atoms with Crippen LogP contribution in [0.2, 0.25) is 0 Å². The Morgan fingerprint density at radius 3 is 2.92 bits per heavy atom. The van der Waals surface area contributed by atoms with Gasteiger partial charge in [0.15, 0.2) is 0 Å². The van der Waals surface area contributed by atoms with Crippen LogP contribution in [-0.4, -0.2) is 43.5 Å². The number of hydrogen-bond acceptors (Lipinski definition) is 5. The van der Waals surface area contributed by atoms with Gasteiger partial charge >= 0.3 is 5.97 Å². The van der Waals surface area contributed by atoms with Crippen LogP contribution in [0.25, 0.3) is 0 Å². The maximum absolute atomic E-state index is 11.7. The van der Waals surface area contributed by atoms with E-state index in [4.69, 9.17) is 9.47 Å². The number of fused-ring (bicyclic) bond motifs is 1. The van der Waals surface area contributed by atoms with Crippen molar-refractivity contribution >= 4 is 11.7 Å². The van der Waals surface area contributed by atoms with Gasteiger partial charge in [-0.05, 0) is 43.2 Å². The van der Waals surface area contributed by atoms with Crippen molar-refractivity contribution in [3.05, 3.63) is 59.7 Å². The molecule has 132 valence electrons. The van der Waals surface area contributed by atoms with Gasteiger partial charge in [0.25, 0.3) is 0 Å². The van der Waals surface area contributed by atoms with Gasteiger partial charge in [-0.1, -0.05) is 24.3 Å². The first kappa shape index (κ1) is 17.3. The minimum atomic E-state index is -0.614. The predicted molar refractivity (Wildman–Crippen MR) is 96.3 cm³/mol. The number of carbonyl (C=O) groups excluding carboxylic acids is 1. The quantitative estimate of drug-likeness (QED) is 0.785. The van der Waals surface area contributed by atoms with Gasteiger partial charge in [-0.25, -0.2) is 4.79 Å². The topological polar surface area (TPSA) is 59.0 Å². The van der Waals surface area contributed by atoms with Crippen LogP contribution in [0.1, 0.15) is 22.8 Å². The molecule has 0 unspecified atom stereocenters. The molecular formula is C20H23NO4. The van der Waals surface area contributed by atoms with E-state index in [9.17, 15) is 9.90 Å². The van der Waals surface area contributed by atoms with E-state index >= 15 is 0 Å². The van der Waals surface area contributed by atoms with Crippen molar-refractivity contribution in [2.75, 3.05) is 31.2 Å². The highest BCUT2D eigenvalue weighted by atomic mass is 16.5. The third kappa shape index (κ3) is 4.31. The number of anilines is 1. The third-order valence-corrected chi connectivity index (χ3v) is 4.20. The highest BCUT2D eigenvalue weighted by Crippen LogP contribution is 2.27. The second kappa shape index (κ2) is 8.03. The van der Waals surface area contributed by atoms with Crippen molar-refractivity contribution in [3.63, 3.8) is 0 Å². The number of para-hydroxylation sites is 1. The maximum atomic E-state index is 11.7. The van der Waals surface area contributed by atoms with E-state index in [1.807, 2.05) is 12.1 Å². The first-order chi connectivity index (χ1) is 12.2. The molecule has 5 nitrogen and oxygen atoms in total. The van der Waals surface area contributed by atoms with E-state index in [1.54, 1.807) is 31.2 Å². The zero-order valence-corrected chi connectivity index (χ0v) is 14.4. The molecule has 1 N–H and O–H groups in total. The summed E-state index contributed by atoms with van der Waals surface area (Å²) in [4.78, 5) is 13.9. The minimum absolute atomic E-state index is 0.172. The Morgan fingerprint density at radius 2 is 2.08 bits per heavy atom. The van der Waals surface area contributed by atoms with Gasteiger partial charge in [0.2, 0.25) is 0 Å². The third-order valence-electron chi connectivity index (χ3n) is 4.20. The average Bonchev–Trinajstić information content (AvgIpc) is 3.03. The Labute approximate surface area is 147 Å². The van der Waals surface area contributed by atoms with E-state index in [1.165, 1.54) is 11.3 Å². The number of benzene rings is 2. The number of β-amino-alcohol motifs (C(OH)–C–C–N with tert-alkyl or cyclic N) is 1. The number of ether oxygens (including phenoxy) is 2. The van der Waals surface area contributed by atoms with Crippen molar-refractivity contribution < 1.29 is 19.4 Å². The lowest BCUT2D eigenvalue weighted by Crippen LogP contribution is -2.34. The summed E-state index contributed by atoms with van der Waals surface area (Å²) >= 11 is 0. The highest BCUT2D eigenvalue weighted by Gasteiger charge is 2.21. The van der Waals surface area contributed by atoms with Crippen LogP contribution in [0.15, 0.2) is 48.5 Å². The van der Waals surface area contributed by atoms with Crippen LogP contribution in [0, 0.1) is 0 Å². The molecule has 0 radical (unpaired) electrons. The zero-order valence-electron chi connectivity index (χ0n) is 14.4. The monoisotopic (exact) mass is 341 g/mol. The summed E-state index contributed by atoms with van der Waals surface area (Å²) in [7, 11) is 0. The fraction of sp³-hybridized carbons (Fsp3) is 0.350. The molecule has 2 aromatic carbocycles. The number of rotatable bonds is 7. The molecule has 0 bridgehead atoms. The normalized spacial score (nSPS) is 14.1. The van der Waals surface area contributed by atoms with Gasteiger partial charge in [-0.2, -0.15) is 0 Å². The smallest absolute Gasteiger partial charge is 0.338 e. The van der Waals surface area contributed by atoms with E-state index in [0.29, 0.717) is 24.5 Å². The van der Waals surface area contributed by atoms with Crippen molar-refractivity contribution in [2.45, 2.75) is 19.4 Å². The fourth-order valence-electron chi connectivity index (χ4n) is 3.02. The van der Waals surface area contributed by atoms with Gasteiger partial charge < -0.3 is 19.5 Å². The summed E-state index contributed by atoms with van der Waals surface area (Å²) in [6.07, 6.45) is 0.392. The van der Waals surface area contributed by atoms with Crippen molar-refractivity contribution in [2.24, 2.45) is 0 Å². The molecule has 1 aliphatic heterocycles. The molecule has 0 aromatic heterocycles. The summed E-state index contributed by atoms with van der Waals surface area (Å²) in [6, 6.07) is 15.1. The minimum Gasteiger partial charge on any atom is -0.491 e. The molecule has 0 saturated carbocycles. The molecule has 25 heavy (non-hydrogen) atoms. The summed E-state index contributed by atoms with van der Waals surface area (Å²) in [5.74, 6) is 0.175. The molecule has 3 rings (SSSR count). The summed E-state index contributed by atoms with van der Waals surface area (Å²) in [5.41, 5.74) is 2.95. The summed E-state index contributed by atoms with van der Waals surface area (Å²) < 4.78 is 10.6. The molecule has 0 aliphatic carbocycles. The molecular weight excluding hydrogens is 318 g/mol. The van der Waals surface area contributed by atoms with Gasteiger partial charge in [0.1, 0.15) is 18.5 Å². The average molecular weight is 341 g/mol. The molecule has 0 saturated heterocycles. The van der Waals surface area contributed by atoms with E-state index in [2.05, 4.69) is 17.0 Å². The Balaban J connectivity index is 1.54. The lowest BCUT2D eigenvalue weighted by atomic mass is 10.2. The number of carbonyl (C=O) groups is 1. The van der Waals surface area contributed by atoms with Gasteiger partial charge in [0, 0.05) is 18.8 Å². The van der Waals surface area contributed by atoms with Crippen LogP contribution in [-0.2, 0) is 11.2 Å². The predicted octanol–water partition coefficient (Wildman–Crippen LogP) is 2.67. The van der Waals surface area contributed by atoms with Gasteiger partial charge in [-0.15, -0.1) is 0 Å². The Hall–Kier alpha value is -2.53. The van der Waals surface area contributed by atoms with E-state index < -0.39 is 6.10 Å². The molecule has 2 aromatic rings. The first-order valence-corrected chi connectivity index (χ1v) is 8.58. The molecule has 1 atom stereocenters. The molecule has 1 heterocycles. The summed E-state index contributed by atoms with van der Waals surface area (Å²) in [5, 5.41) is 10.3. The van der Waals surface area contributed by atoms with Crippen LogP contribution in [0.3, 0.4) is 0 Å². The number of aliphatic hydroxyl groups excluding tert-OH is 1. The van der Waals surface area contributed by atoms with Crippen LogP contribution in [0.4, 0.5) is 5.69 Å². The fourth-order valence-corrected chi connectivity index (χ4v) is 3.02. The standard InChI is InChI=1S/C20H23NO4/c1-2-24-20(23)16-7-5-8-18(12-16)25-14-17(22)13-21-11-10-15-6-3-4-9-19(15)21/h3-9,12,17,22H,2,10-11,13-14H2,1H3/t17-/m0/s1.